The Bertz CT molecular complexity index is 643. The summed E-state index contributed by atoms with van der Waals surface area (Å²) < 4.78 is 2.02. The number of anilines is 1. The van der Waals surface area contributed by atoms with E-state index in [1.165, 1.54) is 0 Å². The molecule has 1 fully saturated rings. The number of nitrogens with one attached hydrogen (secondary N) is 1. The Morgan fingerprint density at radius 2 is 2.12 bits per heavy atom. The predicted octanol–water partition coefficient (Wildman–Crippen LogP) is 3.36. The first-order valence-corrected chi connectivity index (χ1v) is 8.86. The Hall–Kier alpha value is -1.88. The third-order valence-corrected chi connectivity index (χ3v) is 4.72. The molecule has 3 heterocycles. The topological polar surface area (TPSA) is 46.0 Å². The summed E-state index contributed by atoms with van der Waals surface area (Å²) in [6.45, 7) is 12.0. The van der Waals surface area contributed by atoms with Crippen molar-refractivity contribution in [1.29, 1.82) is 0 Å². The Morgan fingerprint density at radius 3 is 2.75 bits per heavy atom. The first-order valence-electron chi connectivity index (χ1n) is 8.86. The van der Waals surface area contributed by atoms with Crippen LogP contribution in [-0.4, -0.2) is 38.8 Å². The molecule has 0 aliphatic carbocycles. The Balaban J connectivity index is 1.55. The number of hydrogen-bond acceptors (Lipinski definition) is 4. The zero-order valence-corrected chi connectivity index (χ0v) is 15.2. The minimum absolute atomic E-state index is 0.0254. The van der Waals surface area contributed by atoms with Gasteiger partial charge in [-0.2, -0.15) is 5.10 Å². The van der Waals surface area contributed by atoms with E-state index in [1.54, 1.807) is 0 Å². The van der Waals surface area contributed by atoms with E-state index in [4.69, 9.17) is 0 Å². The van der Waals surface area contributed by atoms with Crippen LogP contribution in [0.15, 0.2) is 36.8 Å². The van der Waals surface area contributed by atoms with E-state index in [0.717, 1.165) is 37.4 Å². The number of piperidine rings is 1. The largest absolute Gasteiger partial charge is 0.379 e. The number of nitrogens with zero attached hydrogens (tertiary/aromatic N) is 4. The molecule has 1 saturated heterocycles. The van der Waals surface area contributed by atoms with Gasteiger partial charge in [0.2, 0.25) is 0 Å². The highest BCUT2D eigenvalue weighted by atomic mass is 15.3. The number of hydrogen-bond donors (Lipinski definition) is 1. The molecule has 2 aromatic rings. The zero-order chi connectivity index (χ0) is 17.2. The fourth-order valence-electron chi connectivity index (χ4n) is 3.29. The fraction of sp³-hybridized carbons (Fsp3) is 0.579. The van der Waals surface area contributed by atoms with Gasteiger partial charge in [-0.25, -0.2) is 0 Å². The second-order valence-corrected chi connectivity index (χ2v) is 7.92. The quantitative estimate of drug-likeness (QED) is 0.935. The summed E-state index contributed by atoms with van der Waals surface area (Å²) in [4.78, 5) is 6.95. The van der Waals surface area contributed by atoms with Gasteiger partial charge in [0.25, 0.3) is 0 Å². The van der Waals surface area contributed by atoms with Crippen molar-refractivity contribution in [3.05, 3.63) is 42.5 Å². The van der Waals surface area contributed by atoms with Crippen LogP contribution in [0.4, 0.5) is 5.69 Å². The molecule has 1 N–H and O–H groups in total. The van der Waals surface area contributed by atoms with E-state index < -0.39 is 0 Å². The van der Waals surface area contributed by atoms with Crippen molar-refractivity contribution >= 4 is 5.69 Å². The van der Waals surface area contributed by atoms with E-state index in [9.17, 15) is 0 Å². The van der Waals surface area contributed by atoms with Crippen LogP contribution in [0.2, 0.25) is 0 Å². The molecule has 0 unspecified atom stereocenters. The number of aromatic nitrogens is 3. The molecule has 0 saturated carbocycles. The molecule has 0 radical (unpaired) electrons. The van der Waals surface area contributed by atoms with Crippen LogP contribution in [-0.2, 0) is 12.1 Å². The van der Waals surface area contributed by atoms with E-state index in [-0.39, 0.29) is 5.54 Å². The van der Waals surface area contributed by atoms with Crippen LogP contribution < -0.4 is 5.32 Å². The summed E-state index contributed by atoms with van der Waals surface area (Å²) in [6, 6.07) is 6.64. The van der Waals surface area contributed by atoms with Gasteiger partial charge in [-0.15, -0.1) is 0 Å². The van der Waals surface area contributed by atoms with Crippen LogP contribution in [0, 0.1) is 5.92 Å². The normalized spacial score (nSPS) is 22.5. The van der Waals surface area contributed by atoms with Crippen LogP contribution in [0.1, 0.15) is 39.8 Å². The number of likely N-dealkylation sites (tertiary alicyclic amines) is 1. The van der Waals surface area contributed by atoms with E-state index in [2.05, 4.69) is 66.3 Å². The van der Waals surface area contributed by atoms with E-state index in [1.807, 2.05) is 23.1 Å². The van der Waals surface area contributed by atoms with Gasteiger partial charge in [0.15, 0.2) is 0 Å². The summed E-state index contributed by atoms with van der Waals surface area (Å²) in [5.74, 6) is 0.598. The van der Waals surface area contributed by atoms with Gasteiger partial charge in [0, 0.05) is 38.1 Å². The van der Waals surface area contributed by atoms with Crippen molar-refractivity contribution in [2.45, 2.75) is 52.2 Å². The first-order chi connectivity index (χ1) is 11.4. The number of rotatable bonds is 4. The Labute approximate surface area is 145 Å². The monoisotopic (exact) mass is 327 g/mol. The lowest BCUT2D eigenvalue weighted by Crippen LogP contribution is -2.44. The van der Waals surface area contributed by atoms with Gasteiger partial charge in [-0.3, -0.25) is 14.6 Å². The predicted molar refractivity (Wildman–Crippen MR) is 97.9 cm³/mol. The fourth-order valence-corrected chi connectivity index (χ4v) is 3.29. The maximum Gasteiger partial charge on any atom is 0.0729 e. The van der Waals surface area contributed by atoms with Crippen LogP contribution in [0.3, 0.4) is 0 Å². The molecule has 0 spiro atoms. The molecule has 5 heteroatoms. The van der Waals surface area contributed by atoms with Crippen molar-refractivity contribution in [3.63, 3.8) is 0 Å². The average Bonchev–Trinajstić information content (AvgIpc) is 3.00. The van der Waals surface area contributed by atoms with Gasteiger partial charge in [-0.05, 0) is 45.2 Å². The molecule has 1 aliphatic rings. The van der Waals surface area contributed by atoms with E-state index >= 15 is 0 Å². The summed E-state index contributed by atoms with van der Waals surface area (Å²) in [5, 5.41) is 8.17. The maximum atomic E-state index is 4.48. The highest BCUT2D eigenvalue weighted by molar-refractivity contribution is 5.40. The molecule has 0 bridgehead atoms. The summed E-state index contributed by atoms with van der Waals surface area (Å²) in [5.41, 5.74) is 2.31. The van der Waals surface area contributed by atoms with Crippen molar-refractivity contribution in [2.75, 3.05) is 18.4 Å². The lowest BCUT2D eigenvalue weighted by Gasteiger charge is -2.37. The highest BCUT2D eigenvalue weighted by Gasteiger charge is 2.26. The van der Waals surface area contributed by atoms with Crippen LogP contribution >= 0.6 is 0 Å². The first kappa shape index (κ1) is 17.0. The minimum atomic E-state index is 0.0254. The average molecular weight is 327 g/mol. The third kappa shape index (κ3) is 4.15. The Kier molecular flexibility index (Phi) is 4.90. The van der Waals surface area contributed by atoms with Crippen molar-refractivity contribution < 1.29 is 0 Å². The lowest BCUT2D eigenvalue weighted by atomic mass is 9.93. The van der Waals surface area contributed by atoms with Gasteiger partial charge in [-0.1, -0.05) is 13.0 Å². The van der Waals surface area contributed by atoms with Crippen molar-refractivity contribution in [3.8, 4) is 0 Å². The van der Waals surface area contributed by atoms with Gasteiger partial charge >= 0.3 is 0 Å². The van der Waals surface area contributed by atoms with Gasteiger partial charge in [0.05, 0.1) is 23.1 Å². The van der Waals surface area contributed by atoms with Crippen LogP contribution in [0.5, 0.6) is 0 Å². The molecular weight excluding hydrogens is 298 g/mol. The molecule has 130 valence electrons. The molecular formula is C19H29N5. The van der Waals surface area contributed by atoms with Crippen molar-refractivity contribution in [1.82, 2.24) is 19.7 Å². The molecule has 1 aliphatic heterocycles. The zero-order valence-electron chi connectivity index (χ0n) is 15.2. The molecule has 3 rings (SSSR count). The standard InChI is InChI=1S/C19H29N5/c1-15-12-23(13-16-7-5-6-9-20-16)10-8-18(15)22-17-11-21-24(14-17)19(2,3)4/h5-7,9,11,14-15,18,22H,8,10,12-13H2,1-4H3/t15-,18-/m1/s1. The maximum absolute atomic E-state index is 4.48. The molecule has 5 nitrogen and oxygen atoms in total. The molecule has 24 heavy (non-hydrogen) atoms. The summed E-state index contributed by atoms with van der Waals surface area (Å²) in [7, 11) is 0. The third-order valence-electron chi connectivity index (χ3n) is 4.72. The summed E-state index contributed by atoms with van der Waals surface area (Å²) in [6.07, 6.45) is 7.08. The molecule has 2 aromatic heterocycles. The van der Waals surface area contributed by atoms with E-state index in [0.29, 0.717) is 12.0 Å². The smallest absolute Gasteiger partial charge is 0.0729 e. The summed E-state index contributed by atoms with van der Waals surface area (Å²) >= 11 is 0. The molecule has 2 atom stereocenters. The molecule has 0 aromatic carbocycles. The minimum Gasteiger partial charge on any atom is -0.379 e. The Morgan fingerprint density at radius 1 is 1.29 bits per heavy atom. The second-order valence-electron chi connectivity index (χ2n) is 7.92. The van der Waals surface area contributed by atoms with Gasteiger partial charge < -0.3 is 5.32 Å². The molecule has 0 amide bonds. The SMILES string of the molecule is C[C@@H]1CN(Cc2ccccn2)CC[C@H]1Nc1cnn(C(C)(C)C)c1. The van der Waals surface area contributed by atoms with Crippen molar-refractivity contribution in [2.24, 2.45) is 5.92 Å². The second kappa shape index (κ2) is 6.93. The lowest BCUT2D eigenvalue weighted by molar-refractivity contribution is 0.163. The van der Waals surface area contributed by atoms with Crippen LogP contribution in [0.25, 0.3) is 0 Å². The highest BCUT2D eigenvalue weighted by Crippen LogP contribution is 2.23. The number of pyridine rings is 1. The van der Waals surface area contributed by atoms with Gasteiger partial charge in [0.1, 0.15) is 0 Å².